The Morgan fingerprint density at radius 2 is 1.76 bits per heavy atom. The number of hydrogen-bond acceptors (Lipinski definition) is 8. The fourth-order valence-corrected chi connectivity index (χ4v) is 7.69. The standard InChI is InChI=1S/C35H52N8O2Si/c1-23-18-28(19-29(44-7)24(23)2)41-20-30(36-22-41)37-34-38-32(42-17-13-16-27(42)21-45-46(8,9)35(4,5)6)31-25(3)40-43(33(31)39-34)26-14-11-10-12-15-26/h18-20,22,26-27H,10-17,21H2,1-9H3,(H,37,38,39)/t27-/m0/s1. The molecule has 1 aromatic carbocycles. The van der Waals surface area contributed by atoms with Crippen molar-refractivity contribution in [3.63, 3.8) is 0 Å². The number of benzene rings is 1. The lowest BCUT2D eigenvalue weighted by Crippen LogP contribution is -2.45. The molecule has 0 bridgehead atoms. The largest absolute Gasteiger partial charge is 0.496 e. The topological polar surface area (TPSA) is 95.1 Å². The molecule has 2 fully saturated rings. The molecule has 10 nitrogen and oxygen atoms in total. The lowest BCUT2D eigenvalue weighted by atomic mass is 9.96. The van der Waals surface area contributed by atoms with Crippen molar-refractivity contribution in [3.8, 4) is 11.4 Å². The predicted molar refractivity (Wildman–Crippen MR) is 189 cm³/mol. The second-order valence-electron chi connectivity index (χ2n) is 14.8. The molecule has 3 aromatic heterocycles. The Balaban J connectivity index is 1.37. The number of fused-ring (bicyclic) bond motifs is 1. The van der Waals surface area contributed by atoms with Crippen molar-refractivity contribution in [1.82, 2.24) is 29.3 Å². The summed E-state index contributed by atoms with van der Waals surface area (Å²) in [6.07, 6.45) is 12.0. The third kappa shape index (κ3) is 6.28. The van der Waals surface area contributed by atoms with Crippen LogP contribution in [0.3, 0.4) is 0 Å². The molecule has 4 aromatic rings. The summed E-state index contributed by atoms with van der Waals surface area (Å²) < 4.78 is 16.6. The first-order chi connectivity index (χ1) is 21.9. The molecule has 1 aliphatic heterocycles. The molecule has 0 radical (unpaired) electrons. The van der Waals surface area contributed by atoms with Crippen molar-refractivity contribution in [1.29, 1.82) is 0 Å². The average molecular weight is 645 g/mol. The highest BCUT2D eigenvalue weighted by molar-refractivity contribution is 6.74. The molecule has 248 valence electrons. The normalized spacial score (nSPS) is 18.1. The highest BCUT2D eigenvalue weighted by Gasteiger charge is 2.39. The summed E-state index contributed by atoms with van der Waals surface area (Å²) in [7, 11) is -0.183. The number of aryl methyl sites for hydroxylation is 2. The van der Waals surface area contributed by atoms with Gasteiger partial charge >= 0.3 is 0 Å². The van der Waals surface area contributed by atoms with Gasteiger partial charge in [0.1, 0.15) is 17.9 Å². The van der Waals surface area contributed by atoms with E-state index in [0.29, 0.717) is 24.4 Å². The molecule has 1 saturated heterocycles. The molecule has 6 rings (SSSR count). The van der Waals surface area contributed by atoms with Crippen molar-refractivity contribution in [2.24, 2.45) is 0 Å². The van der Waals surface area contributed by atoms with Crippen LogP contribution < -0.4 is 15.0 Å². The van der Waals surface area contributed by atoms with Gasteiger partial charge in [0.2, 0.25) is 5.95 Å². The van der Waals surface area contributed by atoms with E-state index in [4.69, 9.17) is 29.2 Å². The summed E-state index contributed by atoms with van der Waals surface area (Å²) in [6.45, 7) is 19.5. The van der Waals surface area contributed by atoms with Gasteiger partial charge in [0.05, 0.1) is 48.8 Å². The monoisotopic (exact) mass is 644 g/mol. The lowest BCUT2D eigenvalue weighted by molar-refractivity contribution is 0.263. The highest BCUT2D eigenvalue weighted by atomic mass is 28.4. The van der Waals surface area contributed by atoms with Crippen LogP contribution in [0, 0.1) is 20.8 Å². The Morgan fingerprint density at radius 1 is 1.00 bits per heavy atom. The fourth-order valence-electron chi connectivity index (χ4n) is 6.65. The van der Waals surface area contributed by atoms with E-state index in [2.05, 4.69) is 75.6 Å². The zero-order chi connectivity index (χ0) is 32.8. The van der Waals surface area contributed by atoms with Crippen LogP contribution in [-0.2, 0) is 4.43 Å². The van der Waals surface area contributed by atoms with Gasteiger partial charge in [-0.15, -0.1) is 0 Å². The number of rotatable bonds is 9. The number of anilines is 3. The molecule has 1 aliphatic carbocycles. The summed E-state index contributed by atoms with van der Waals surface area (Å²) in [5.41, 5.74) is 5.20. The average Bonchev–Trinajstić information content (AvgIpc) is 3.76. The van der Waals surface area contributed by atoms with Gasteiger partial charge in [-0.3, -0.25) is 0 Å². The number of nitrogens with one attached hydrogen (secondary N) is 1. The number of imidazole rings is 1. The predicted octanol–water partition coefficient (Wildman–Crippen LogP) is 8.19. The molecule has 11 heteroatoms. The number of nitrogens with zero attached hydrogens (tertiary/aromatic N) is 7. The van der Waals surface area contributed by atoms with Crippen molar-refractivity contribution in [2.45, 2.75) is 117 Å². The second-order valence-corrected chi connectivity index (χ2v) is 19.6. The summed E-state index contributed by atoms with van der Waals surface area (Å²) >= 11 is 0. The zero-order valence-electron chi connectivity index (χ0n) is 29.3. The Morgan fingerprint density at radius 3 is 2.48 bits per heavy atom. The minimum absolute atomic E-state index is 0.166. The molecule has 2 aliphatic rings. The number of aromatic nitrogens is 6. The first-order valence-electron chi connectivity index (χ1n) is 17.0. The Labute approximate surface area is 275 Å². The first kappa shape index (κ1) is 32.5. The van der Waals surface area contributed by atoms with Crippen molar-refractivity contribution < 1.29 is 9.16 Å². The van der Waals surface area contributed by atoms with Gasteiger partial charge < -0.3 is 23.9 Å². The summed E-state index contributed by atoms with van der Waals surface area (Å²) in [6, 6.07) is 4.81. The summed E-state index contributed by atoms with van der Waals surface area (Å²) in [4.78, 5) is 17.5. The quantitative estimate of drug-likeness (QED) is 0.182. The lowest BCUT2D eigenvalue weighted by Gasteiger charge is -2.38. The zero-order valence-corrected chi connectivity index (χ0v) is 30.3. The molecular weight excluding hydrogens is 593 g/mol. The van der Waals surface area contributed by atoms with Crippen molar-refractivity contribution >= 4 is 36.9 Å². The van der Waals surface area contributed by atoms with Gasteiger partial charge in [-0.2, -0.15) is 15.1 Å². The minimum Gasteiger partial charge on any atom is -0.496 e. The van der Waals surface area contributed by atoms with E-state index in [1.807, 2.05) is 23.2 Å². The molecule has 46 heavy (non-hydrogen) atoms. The third-order valence-corrected chi connectivity index (χ3v) is 15.2. The van der Waals surface area contributed by atoms with Gasteiger partial charge in [-0.25, -0.2) is 9.67 Å². The van der Waals surface area contributed by atoms with Crippen LogP contribution in [0.4, 0.5) is 17.6 Å². The minimum atomic E-state index is -1.89. The summed E-state index contributed by atoms with van der Waals surface area (Å²) in [5.74, 6) is 3.04. The van der Waals surface area contributed by atoms with Crippen LogP contribution in [0.25, 0.3) is 16.7 Å². The molecule has 1 saturated carbocycles. The molecule has 1 N–H and O–H groups in total. The summed E-state index contributed by atoms with van der Waals surface area (Å²) in [5, 5.41) is 9.80. The molecule has 4 heterocycles. The van der Waals surface area contributed by atoms with Crippen molar-refractivity contribution in [3.05, 3.63) is 41.5 Å². The van der Waals surface area contributed by atoms with Crippen LogP contribution in [0.15, 0.2) is 24.7 Å². The van der Waals surface area contributed by atoms with E-state index in [1.165, 1.54) is 24.8 Å². The van der Waals surface area contributed by atoms with E-state index >= 15 is 0 Å². The van der Waals surface area contributed by atoms with E-state index in [9.17, 15) is 0 Å². The number of methoxy groups -OCH3 is 1. The molecular formula is C35H52N8O2Si. The number of hydrogen-bond donors (Lipinski definition) is 1. The van der Waals surface area contributed by atoms with Crippen LogP contribution in [0.5, 0.6) is 5.75 Å². The van der Waals surface area contributed by atoms with Crippen LogP contribution >= 0.6 is 0 Å². The SMILES string of the molecule is COc1cc(-n2cnc(Nc3nc(N4CCC[C@H]4CO[Si](C)(C)C(C)(C)C)c4c(C)nn(C5CCCCC5)c4n3)c2)cc(C)c1C. The maximum Gasteiger partial charge on any atom is 0.232 e. The fraction of sp³-hybridized carbons (Fsp3) is 0.600. The third-order valence-electron chi connectivity index (χ3n) is 10.7. The first-order valence-corrected chi connectivity index (χ1v) is 19.9. The van der Waals surface area contributed by atoms with E-state index in [0.717, 1.165) is 71.8 Å². The van der Waals surface area contributed by atoms with Gasteiger partial charge in [0.25, 0.3) is 0 Å². The number of ether oxygens (including phenoxy) is 1. The smallest absolute Gasteiger partial charge is 0.232 e. The van der Waals surface area contributed by atoms with E-state index in [-0.39, 0.29) is 11.1 Å². The molecule has 0 spiro atoms. The second kappa shape index (κ2) is 12.6. The van der Waals surface area contributed by atoms with Crippen LogP contribution in [-0.4, -0.2) is 63.9 Å². The van der Waals surface area contributed by atoms with E-state index in [1.54, 1.807) is 7.11 Å². The molecule has 1 atom stereocenters. The van der Waals surface area contributed by atoms with Crippen LogP contribution in [0.1, 0.15) is 88.6 Å². The molecule has 0 amide bonds. The van der Waals surface area contributed by atoms with Crippen LogP contribution in [0.2, 0.25) is 18.1 Å². The Hall–Kier alpha value is -3.44. The molecule has 0 unspecified atom stereocenters. The maximum absolute atomic E-state index is 6.77. The van der Waals surface area contributed by atoms with Crippen molar-refractivity contribution in [2.75, 3.05) is 30.5 Å². The van der Waals surface area contributed by atoms with Gasteiger partial charge in [0.15, 0.2) is 19.8 Å². The van der Waals surface area contributed by atoms with E-state index < -0.39 is 8.32 Å². The van der Waals surface area contributed by atoms with Gasteiger partial charge in [0, 0.05) is 12.6 Å². The van der Waals surface area contributed by atoms with Gasteiger partial charge in [-0.1, -0.05) is 40.0 Å². The Bertz CT molecular complexity index is 1700. The van der Waals surface area contributed by atoms with Gasteiger partial charge in [-0.05, 0) is 81.8 Å². The Kier molecular flexibility index (Phi) is 8.92. The maximum atomic E-state index is 6.77. The highest BCUT2D eigenvalue weighted by Crippen LogP contribution is 2.40.